The van der Waals surface area contributed by atoms with Crippen LogP contribution in [0.1, 0.15) is 39.5 Å². The molecule has 0 saturated heterocycles. The number of rotatable bonds is 10. The Morgan fingerprint density at radius 2 is 2.00 bits per heavy atom. The standard InChI is InChI=1S/C12H27NOS/c1-5-7-8-12(9-14-3)13-11(6-2)10-15-4/h11-13H,5-10H2,1-4H3. The highest BCUT2D eigenvalue weighted by molar-refractivity contribution is 7.98. The van der Waals surface area contributed by atoms with Gasteiger partial charge in [0.05, 0.1) is 6.61 Å². The molecule has 15 heavy (non-hydrogen) atoms. The Morgan fingerprint density at radius 3 is 2.47 bits per heavy atom. The summed E-state index contributed by atoms with van der Waals surface area (Å²) in [5.74, 6) is 1.20. The zero-order valence-corrected chi connectivity index (χ0v) is 11.5. The van der Waals surface area contributed by atoms with Crippen molar-refractivity contribution in [1.82, 2.24) is 5.32 Å². The highest BCUT2D eigenvalue weighted by atomic mass is 32.2. The summed E-state index contributed by atoms with van der Waals surface area (Å²) in [7, 11) is 1.79. The van der Waals surface area contributed by atoms with Crippen LogP contribution in [0.2, 0.25) is 0 Å². The van der Waals surface area contributed by atoms with E-state index in [2.05, 4.69) is 25.4 Å². The van der Waals surface area contributed by atoms with Gasteiger partial charge < -0.3 is 10.1 Å². The van der Waals surface area contributed by atoms with E-state index < -0.39 is 0 Å². The molecule has 0 aliphatic carbocycles. The summed E-state index contributed by atoms with van der Waals surface area (Å²) >= 11 is 1.91. The highest BCUT2D eigenvalue weighted by Gasteiger charge is 2.12. The molecule has 0 aromatic carbocycles. The molecule has 0 amide bonds. The van der Waals surface area contributed by atoms with Gasteiger partial charge in [0.15, 0.2) is 0 Å². The average molecular weight is 233 g/mol. The van der Waals surface area contributed by atoms with Gasteiger partial charge in [-0.2, -0.15) is 11.8 Å². The number of hydrogen-bond acceptors (Lipinski definition) is 3. The van der Waals surface area contributed by atoms with E-state index in [1.165, 1.54) is 31.4 Å². The van der Waals surface area contributed by atoms with Gasteiger partial charge in [0.1, 0.15) is 0 Å². The molecule has 0 aromatic rings. The molecule has 0 rings (SSSR count). The summed E-state index contributed by atoms with van der Waals surface area (Å²) in [6.45, 7) is 5.32. The summed E-state index contributed by atoms with van der Waals surface area (Å²) in [6, 6.07) is 1.17. The van der Waals surface area contributed by atoms with Crippen molar-refractivity contribution in [2.75, 3.05) is 25.7 Å². The Kier molecular flexibility index (Phi) is 11.0. The van der Waals surface area contributed by atoms with E-state index in [0.717, 1.165) is 6.61 Å². The predicted molar refractivity (Wildman–Crippen MR) is 70.8 cm³/mol. The third-order valence-corrected chi connectivity index (χ3v) is 3.34. The molecule has 0 aromatic heterocycles. The monoisotopic (exact) mass is 233 g/mol. The number of ether oxygens (including phenoxy) is 1. The molecule has 1 N–H and O–H groups in total. The van der Waals surface area contributed by atoms with Crippen molar-refractivity contribution in [1.29, 1.82) is 0 Å². The second-order valence-electron chi connectivity index (χ2n) is 4.02. The zero-order valence-electron chi connectivity index (χ0n) is 10.7. The lowest BCUT2D eigenvalue weighted by Gasteiger charge is -2.24. The zero-order chi connectivity index (χ0) is 11.5. The Balaban J connectivity index is 3.87. The smallest absolute Gasteiger partial charge is 0.0615 e. The fourth-order valence-electron chi connectivity index (χ4n) is 1.68. The predicted octanol–water partition coefficient (Wildman–Crippen LogP) is 2.92. The van der Waals surface area contributed by atoms with Gasteiger partial charge in [-0.25, -0.2) is 0 Å². The largest absolute Gasteiger partial charge is 0.383 e. The minimum atomic E-state index is 0.534. The molecule has 0 aliphatic heterocycles. The SMILES string of the molecule is CCCCC(COC)NC(CC)CSC. The van der Waals surface area contributed by atoms with E-state index in [0.29, 0.717) is 12.1 Å². The van der Waals surface area contributed by atoms with Gasteiger partial charge in [-0.3, -0.25) is 0 Å². The first-order chi connectivity index (χ1) is 7.28. The quantitative estimate of drug-likeness (QED) is 0.627. The molecular weight excluding hydrogens is 206 g/mol. The topological polar surface area (TPSA) is 21.3 Å². The van der Waals surface area contributed by atoms with Gasteiger partial charge >= 0.3 is 0 Å². The fourth-order valence-corrected chi connectivity index (χ4v) is 2.42. The van der Waals surface area contributed by atoms with Crippen molar-refractivity contribution in [3.05, 3.63) is 0 Å². The molecule has 2 atom stereocenters. The number of methoxy groups -OCH3 is 1. The van der Waals surface area contributed by atoms with Gasteiger partial charge in [0.25, 0.3) is 0 Å². The van der Waals surface area contributed by atoms with Crippen LogP contribution in [0.5, 0.6) is 0 Å². The Hall–Kier alpha value is 0.270. The van der Waals surface area contributed by atoms with Crippen LogP contribution < -0.4 is 5.32 Å². The fraction of sp³-hybridized carbons (Fsp3) is 1.00. The van der Waals surface area contributed by atoms with Gasteiger partial charge in [0.2, 0.25) is 0 Å². The van der Waals surface area contributed by atoms with E-state index in [4.69, 9.17) is 4.74 Å². The molecule has 2 nitrogen and oxygen atoms in total. The van der Waals surface area contributed by atoms with Gasteiger partial charge in [-0.1, -0.05) is 26.7 Å². The van der Waals surface area contributed by atoms with Gasteiger partial charge in [-0.15, -0.1) is 0 Å². The maximum Gasteiger partial charge on any atom is 0.0615 e. The van der Waals surface area contributed by atoms with Crippen LogP contribution in [0.3, 0.4) is 0 Å². The van der Waals surface area contributed by atoms with Crippen LogP contribution in [0.25, 0.3) is 0 Å². The van der Waals surface area contributed by atoms with Gasteiger partial charge in [-0.05, 0) is 19.1 Å². The molecule has 2 unspecified atom stereocenters. The maximum absolute atomic E-state index is 5.26. The third-order valence-electron chi connectivity index (χ3n) is 2.61. The first-order valence-corrected chi connectivity index (χ1v) is 7.41. The van der Waals surface area contributed by atoms with E-state index in [1.54, 1.807) is 7.11 Å². The van der Waals surface area contributed by atoms with Crippen LogP contribution in [0.15, 0.2) is 0 Å². The van der Waals surface area contributed by atoms with E-state index in [9.17, 15) is 0 Å². The summed E-state index contributed by atoms with van der Waals surface area (Å²) in [4.78, 5) is 0. The molecular formula is C12H27NOS. The Morgan fingerprint density at radius 1 is 1.27 bits per heavy atom. The lowest BCUT2D eigenvalue weighted by atomic mass is 10.1. The van der Waals surface area contributed by atoms with E-state index >= 15 is 0 Å². The number of nitrogens with one attached hydrogen (secondary N) is 1. The lowest BCUT2D eigenvalue weighted by Crippen LogP contribution is -2.42. The van der Waals surface area contributed by atoms with E-state index in [-0.39, 0.29) is 0 Å². The minimum absolute atomic E-state index is 0.534. The van der Waals surface area contributed by atoms with Crippen molar-refractivity contribution in [3.63, 3.8) is 0 Å². The third kappa shape index (κ3) is 8.12. The van der Waals surface area contributed by atoms with Crippen LogP contribution in [-0.2, 0) is 4.74 Å². The van der Waals surface area contributed by atoms with E-state index in [1.807, 2.05) is 11.8 Å². The molecule has 0 bridgehead atoms. The van der Waals surface area contributed by atoms with Crippen molar-refractivity contribution in [2.24, 2.45) is 0 Å². The van der Waals surface area contributed by atoms with Crippen molar-refractivity contribution < 1.29 is 4.74 Å². The van der Waals surface area contributed by atoms with Crippen molar-refractivity contribution >= 4 is 11.8 Å². The summed E-state index contributed by atoms with van der Waals surface area (Å²) in [5.41, 5.74) is 0. The van der Waals surface area contributed by atoms with Crippen LogP contribution in [-0.4, -0.2) is 37.8 Å². The first-order valence-electron chi connectivity index (χ1n) is 6.02. The molecule has 0 heterocycles. The molecule has 0 aliphatic rings. The summed E-state index contributed by atoms with van der Waals surface area (Å²) in [5, 5.41) is 3.69. The second-order valence-corrected chi connectivity index (χ2v) is 4.93. The number of thioether (sulfide) groups is 1. The Labute approximate surface area is 99.5 Å². The number of unbranched alkanes of at least 4 members (excludes halogenated alkanes) is 1. The second kappa shape index (κ2) is 10.8. The lowest BCUT2D eigenvalue weighted by molar-refractivity contribution is 0.156. The molecule has 0 saturated carbocycles. The van der Waals surface area contributed by atoms with Gasteiger partial charge in [0, 0.05) is 24.9 Å². The molecule has 92 valence electrons. The normalized spacial score (nSPS) is 15.2. The first kappa shape index (κ1) is 15.3. The summed E-state index contributed by atoms with van der Waals surface area (Å²) in [6.07, 6.45) is 7.15. The van der Waals surface area contributed by atoms with Crippen molar-refractivity contribution in [2.45, 2.75) is 51.6 Å². The molecule has 0 spiro atoms. The van der Waals surface area contributed by atoms with Crippen LogP contribution in [0, 0.1) is 0 Å². The molecule has 3 heteroatoms. The highest BCUT2D eigenvalue weighted by Crippen LogP contribution is 2.06. The van der Waals surface area contributed by atoms with Crippen LogP contribution >= 0.6 is 11.8 Å². The maximum atomic E-state index is 5.26. The van der Waals surface area contributed by atoms with Crippen molar-refractivity contribution in [3.8, 4) is 0 Å². The number of hydrogen-bond donors (Lipinski definition) is 1. The summed E-state index contributed by atoms with van der Waals surface area (Å²) < 4.78 is 5.26. The molecule has 0 fully saturated rings. The molecule has 0 radical (unpaired) electrons. The van der Waals surface area contributed by atoms with Crippen LogP contribution in [0.4, 0.5) is 0 Å². The minimum Gasteiger partial charge on any atom is -0.383 e. The average Bonchev–Trinajstić information content (AvgIpc) is 2.25. The Bertz CT molecular complexity index is 133.